The lowest BCUT2D eigenvalue weighted by atomic mass is 9.93. The van der Waals surface area contributed by atoms with Crippen molar-refractivity contribution >= 4 is 43.2 Å². The maximum Gasteiger partial charge on any atom is 0.164 e. The second-order valence-corrected chi connectivity index (χ2v) is 13.1. The van der Waals surface area contributed by atoms with Crippen LogP contribution in [0.5, 0.6) is 0 Å². The highest BCUT2D eigenvalue weighted by molar-refractivity contribution is 6.17. The van der Waals surface area contributed by atoms with Crippen LogP contribution >= 0.6 is 0 Å². The van der Waals surface area contributed by atoms with Gasteiger partial charge in [0, 0.05) is 38.4 Å². The molecule has 8 aromatic carbocycles. The van der Waals surface area contributed by atoms with Gasteiger partial charge in [-0.1, -0.05) is 164 Å². The SMILES string of the molecule is c1ccc(-c2cccc3c(-c4ccc(-c5nc(-c6ccc7ccccc7c6)nc(-c6ccc7ccccc7c6)n5)cc4)nc4ccccc4c23)cc1. The van der Waals surface area contributed by atoms with Crippen LogP contribution in [-0.2, 0) is 0 Å². The Kier molecular flexibility index (Phi) is 7.10. The Labute approximate surface area is 300 Å². The Morgan fingerprint density at radius 3 is 1.44 bits per heavy atom. The summed E-state index contributed by atoms with van der Waals surface area (Å²) in [5.74, 6) is 1.90. The Balaban J connectivity index is 1.12. The van der Waals surface area contributed by atoms with E-state index in [0.29, 0.717) is 17.5 Å². The quantitative estimate of drug-likeness (QED) is 0.172. The molecule has 0 N–H and O–H groups in total. The molecule has 0 spiro atoms. The van der Waals surface area contributed by atoms with Crippen LogP contribution in [0.25, 0.3) is 99.8 Å². The molecule has 2 aromatic heterocycles. The van der Waals surface area contributed by atoms with Crippen LogP contribution in [0.1, 0.15) is 0 Å². The molecule has 10 aromatic rings. The molecule has 0 saturated carbocycles. The first-order valence-corrected chi connectivity index (χ1v) is 17.5. The summed E-state index contributed by atoms with van der Waals surface area (Å²) >= 11 is 0. The van der Waals surface area contributed by atoms with Gasteiger partial charge in [0.2, 0.25) is 0 Å². The molecule has 0 amide bonds. The van der Waals surface area contributed by atoms with Crippen LogP contribution in [0.15, 0.2) is 182 Å². The van der Waals surface area contributed by atoms with Crippen molar-refractivity contribution in [3.8, 4) is 56.5 Å². The predicted molar refractivity (Wildman–Crippen MR) is 215 cm³/mol. The van der Waals surface area contributed by atoms with Gasteiger partial charge in [0.15, 0.2) is 17.5 Å². The maximum atomic E-state index is 5.23. The van der Waals surface area contributed by atoms with Gasteiger partial charge < -0.3 is 0 Å². The summed E-state index contributed by atoms with van der Waals surface area (Å²) < 4.78 is 0. The summed E-state index contributed by atoms with van der Waals surface area (Å²) in [5.41, 5.74) is 8.13. The van der Waals surface area contributed by atoms with Gasteiger partial charge in [-0.3, -0.25) is 0 Å². The van der Waals surface area contributed by atoms with E-state index in [0.717, 1.165) is 55.0 Å². The molecular weight excluding hydrogens is 633 g/mol. The first-order valence-electron chi connectivity index (χ1n) is 17.5. The van der Waals surface area contributed by atoms with Crippen molar-refractivity contribution in [1.82, 2.24) is 19.9 Å². The fourth-order valence-corrected chi connectivity index (χ4v) is 7.28. The molecule has 10 rings (SSSR count). The molecule has 0 fully saturated rings. The van der Waals surface area contributed by atoms with E-state index in [4.69, 9.17) is 19.9 Å². The molecule has 2 heterocycles. The second kappa shape index (κ2) is 12.4. The van der Waals surface area contributed by atoms with E-state index in [-0.39, 0.29) is 0 Å². The van der Waals surface area contributed by atoms with Gasteiger partial charge >= 0.3 is 0 Å². The second-order valence-electron chi connectivity index (χ2n) is 13.1. The van der Waals surface area contributed by atoms with Crippen LogP contribution in [-0.4, -0.2) is 19.9 Å². The zero-order valence-corrected chi connectivity index (χ0v) is 28.1. The number of aromatic nitrogens is 4. The van der Waals surface area contributed by atoms with E-state index in [2.05, 4.69) is 182 Å². The van der Waals surface area contributed by atoms with Gasteiger partial charge in [-0.25, -0.2) is 19.9 Å². The number of rotatable bonds is 5. The van der Waals surface area contributed by atoms with Gasteiger partial charge in [0.25, 0.3) is 0 Å². The fourth-order valence-electron chi connectivity index (χ4n) is 7.28. The Bertz CT molecular complexity index is 2850. The van der Waals surface area contributed by atoms with Gasteiger partial charge in [-0.15, -0.1) is 0 Å². The molecular formula is C48H30N4. The van der Waals surface area contributed by atoms with E-state index in [1.165, 1.54) is 27.3 Å². The van der Waals surface area contributed by atoms with Gasteiger partial charge in [0.05, 0.1) is 11.2 Å². The molecule has 0 aliphatic carbocycles. The third-order valence-corrected chi connectivity index (χ3v) is 9.88. The highest BCUT2D eigenvalue weighted by Crippen LogP contribution is 2.39. The van der Waals surface area contributed by atoms with Crippen LogP contribution in [0.4, 0.5) is 0 Å². The molecule has 4 nitrogen and oxygen atoms in total. The van der Waals surface area contributed by atoms with Crippen molar-refractivity contribution in [2.24, 2.45) is 0 Å². The van der Waals surface area contributed by atoms with Crippen LogP contribution in [0, 0.1) is 0 Å². The monoisotopic (exact) mass is 662 g/mol. The molecule has 0 aliphatic rings. The predicted octanol–water partition coefficient (Wildman–Crippen LogP) is 12.2. The van der Waals surface area contributed by atoms with Crippen molar-refractivity contribution in [3.05, 3.63) is 182 Å². The topological polar surface area (TPSA) is 51.6 Å². The number of pyridine rings is 1. The molecule has 0 aliphatic heterocycles. The average Bonchev–Trinajstić information content (AvgIpc) is 3.23. The van der Waals surface area contributed by atoms with Gasteiger partial charge in [0.1, 0.15) is 0 Å². The standard InChI is InChI=1S/C48H30N4/c1-2-13-33(14-3-1)40-18-10-19-42-44(40)41-17-8-9-20-43(41)49-45(42)34-23-25-35(26-24-34)46-50-47(38-27-21-31-11-4-6-15-36(31)29-38)52-48(51-46)39-28-22-32-12-5-7-16-37(32)30-39/h1-30H. The summed E-state index contributed by atoms with van der Waals surface area (Å²) in [6.45, 7) is 0. The van der Waals surface area contributed by atoms with E-state index in [9.17, 15) is 0 Å². The van der Waals surface area contributed by atoms with Crippen molar-refractivity contribution < 1.29 is 0 Å². The lowest BCUT2D eigenvalue weighted by molar-refractivity contribution is 1.08. The summed E-state index contributed by atoms with van der Waals surface area (Å²) in [6.07, 6.45) is 0. The zero-order valence-electron chi connectivity index (χ0n) is 28.1. The first-order chi connectivity index (χ1) is 25.7. The maximum absolute atomic E-state index is 5.23. The number of benzene rings is 8. The number of hydrogen-bond donors (Lipinski definition) is 0. The third-order valence-electron chi connectivity index (χ3n) is 9.88. The van der Waals surface area contributed by atoms with E-state index in [1.807, 2.05) is 0 Å². The Morgan fingerprint density at radius 2 is 0.788 bits per heavy atom. The summed E-state index contributed by atoms with van der Waals surface area (Å²) in [6, 6.07) is 63.5. The van der Waals surface area contributed by atoms with Crippen LogP contribution in [0.3, 0.4) is 0 Å². The minimum Gasteiger partial charge on any atom is -0.247 e. The number of nitrogens with zero attached hydrogens (tertiary/aromatic N) is 4. The molecule has 0 atom stereocenters. The number of para-hydroxylation sites is 1. The molecule has 0 bridgehead atoms. The first kappa shape index (κ1) is 29.8. The van der Waals surface area contributed by atoms with Crippen LogP contribution in [0.2, 0.25) is 0 Å². The zero-order chi connectivity index (χ0) is 34.4. The molecule has 0 radical (unpaired) electrons. The van der Waals surface area contributed by atoms with Crippen LogP contribution < -0.4 is 0 Å². The normalized spacial score (nSPS) is 11.5. The number of fused-ring (bicyclic) bond motifs is 5. The summed E-state index contributed by atoms with van der Waals surface area (Å²) in [7, 11) is 0. The van der Waals surface area contributed by atoms with Crippen molar-refractivity contribution in [3.63, 3.8) is 0 Å². The van der Waals surface area contributed by atoms with E-state index < -0.39 is 0 Å². The lowest BCUT2D eigenvalue weighted by Crippen LogP contribution is -2.00. The molecule has 0 saturated heterocycles. The number of hydrogen-bond acceptors (Lipinski definition) is 4. The summed E-state index contributed by atoms with van der Waals surface area (Å²) in [5, 5.41) is 8.10. The third kappa shape index (κ3) is 5.26. The van der Waals surface area contributed by atoms with Crippen molar-refractivity contribution in [2.45, 2.75) is 0 Å². The molecule has 52 heavy (non-hydrogen) atoms. The van der Waals surface area contributed by atoms with Gasteiger partial charge in [-0.05, 0) is 50.9 Å². The smallest absolute Gasteiger partial charge is 0.164 e. The highest BCUT2D eigenvalue weighted by atomic mass is 15.0. The van der Waals surface area contributed by atoms with Crippen molar-refractivity contribution in [2.75, 3.05) is 0 Å². The van der Waals surface area contributed by atoms with Crippen molar-refractivity contribution in [1.29, 1.82) is 0 Å². The lowest BCUT2D eigenvalue weighted by Gasteiger charge is -2.14. The largest absolute Gasteiger partial charge is 0.247 e. The minimum absolute atomic E-state index is 0.621. The fraction of sp³-hybridized carbons (Fsp3) is 0. The van der Waals surface area contributed by atoms with E-state index >= 15 is 0 Å². The minimum atomic E-state index is 0.621. The molecule has 4 heteroatoms. The molecule has 242 valence electrons. The van der Waals surface area contributed by atoms with Gasteiger partial charge in [-0.2, -0.15) is 0 Å². The average molecular weight is 663 g/mol. The Hall–Kier alpha value is -7.04. The Morgan fingerprint density at radius 1 is 0.288 bits per heavy atom. The summed E-state index contributed by atoms with van der Waals surface area (Å²) in [4.78, 5) is 20.4. The molecule has 0 unspecified atom stereocenters. The highest BCUT2D eigenvalue weighted by Gasteiger charge is 2.17. The van der Waals surface area contributed by atoms with E-state index in [1.54, 1.807) is 0 Å².